The molecule has 0 saturated heterocycles. The van der Waals surface area contributed by atoms with Gasteiger partial charge in [0.1, 0.15) is 0 Å². The molecular formula is C18H23NO3. The van der Waals surface area contributed by atoms with Crippen molar-refractivity contribution in [2.24, 2.45) is 0 Å². The van der Waals surface area contributed by atoms with Gasteiger partial charge in [0.05, 0.1) is 21.3 Å². The van der Waals surface area contributed by atoms with Crippen LogP contribution < -0.4 is 19.1 Å². The van der Waals surface area contributed by atoms with E-state index in [1.165, 1.54) is 11.3 Å². The van der Waals surface area contributed by atoms with Crippen LogP contribution >= 0.6 is 0 Å². The number of hydrogen-bond acceptors (Lipinski definition) is 4. The SMILES string of the molecule is COc1cc(Cc2ccc(N(C)C)cc2)cc(OC)c1OC. The largest absolute Gasteiger partial charge is 0.493 e. The fourth-order valence-electron chi connectivity index (χ4n) is 2.39. The molecule has 0 bridgehead atoms. The first-order valence-corrected chi connectivity index (χ1v) is 7.14. The molecule has 0 fully saturated rings. The van der Waals surface area contributed by atoms with Crippen LogP contribution in [0.4, 0.5) is 5.69 Å². The number of rotatable bonds is 6. The van der Waals surface area contributed by atoms with Crippen LogP contribution in [0.15, 0.2) is 36.4 Å². The number of anilines is 1. The van der Waals surface area contributed by atoms with Gasteiger partial charge in [0, 0.05) is 19.8 Å². The standard InChI is InChI=1S/C18H23NO3/c1-19(2)15-8-6-13(7-9-15)10-14-11-16(20-3)18(22-5)17(12-14)21-4/h6-9,11-12H,10H2,1-5H3. The normalized spacial score (nSPS) is 10.2. The molecule has 4 nitrogen and oxygen atoms in total. The highest BCUT2D eigenvalue weighted by Crippen LogP contribution is 2.38. The Morgan fingerprint density at radius 2 is 1.32 bits per heavy atom. The zero-order chi connectivity index (χ0) is 16.1. The molecule has 0 radical (unpaired) electrons. The molecule has 4 heteroatoms. The van der Waals surface area contributed by atoms with E-state index in [0.29, 0.717) is 17.2 Å². The lowest BCUT2D eigenvalue weighted by molar-refractivity contribution is 0.324. The molecular weight excluding hydrogens is 278 g/mol. The van der Waals surface area contributed by atoms with Gasteiger partial charge in [0.25, 0.3) is 0 Å². The third kappa shape index (κ3) is 3.45. The number of nitrogens with zero attached hydrogens (tertiary/aromatic N) is 1. The van der Waals surface area contributed by atoms with Gasteiger partial charge in [-0.2, -0.15) is 0 Å². The lowest BCUT2D eigenvalue weighted by Crippen LogP contribution is -2.08. The topological polar surface area (TPSA) is 30.9 Å². The zero-order valence-electron chi connectivity index (χ0n) is 13.8. The highest BCUT2D eigenvalue weighted by Gasteiger charge is 2.13. The molecule has 0 unspecified atom stereocenters. The predicted octanol–water partition coefficient (Wildman–Crippen LogP) is 3.37. The highest BCUT2D eigenvalue weighted by atomic mass is 16.5. The van der Waals surface area contributed by atoms with E-state index in [4.69, 9.17) is 14.2 Å². The Bertz CT molecular complexity index is 596. The molecule has 22 heavy (non-hydrogen) atoms. The van der Waals surface area contributed by atoms with Gasteiger partial charge in [-0.1, -0.05) is 12.1 Å². The average Bonchev–Trinajstić information content (AvgIpc) is 2.54. The number of benzene rings is 2. The average molecular weight is 301 g/mol. The molecule has 0 amide bonds. The minimum absolute atomic E-state index is 0.622. The van der Waals surface area contributed by atoms with Gasteiger partial charge < -0.3 is 19.1 Å². The van der Waals surface area contributed by atoms with Gasteiger partial charge in [-0.3, -0.25) is 0 Å². The van der Waals surface area contributed by atoms with Gasteiger partial charge >= 0.3 is 0 Å². The molecule has 0 heterocycles. The number of ether oxygens (including phenoxy) is 3. The second-order valence-electron chi connectivity index (χ2n) is 5.27. The predicted molar refractivity (Wildman–Crippen MR) is 89.7 cm³/mol. The van der Waals surface area contributed by atoms with E-state index in [-0.39, 0.29) is 0 Å². The van der Waals surface area contributed by atoms with Crippen LogP contribution in [0.2, 0.25) is 0 Å². The van der Waals surface area contributed by atoms with Crippen LogP contribution in [0.5, 0.6) is 17.2 Å². The second kappa shape index (κ2) is 7.07. The Morgan fingerprint density at radius 3 is 1.73 bits per heavy atom. The van der Waals surface area contributed by atoms with E-state index < -0.39 is 0 Å². The van der Waals surface area contributed by atoms with Crippen LogP contribution in [0, 0.1) is 0 Å². The maximum atomic E-state index is 5.40. The van der Waals surface area contributed by atoms with Crippen LogP contribution in [0.3, 0.4) is 0 Å². The number of methoxy groups -OCH3 is 3. The van der Waals surface area contributed by atoms with E-state index in [9.17, 15) is 0 Å². The summed E-state index contributed by atoms with van der Waals surface area (Å²) >= 11 is 0. The summed E-state index contributed by atoms with van der Waals surface area (Å²) in [7, 11) is 8.95. The maximum Gasteiger partial charge on any atom is 0.203 e. The van der Waals surface area contributed by atoms with Gasteiger partial charge in [-0.05, 0) is 41.8 Å². The lowest BCUT2D eigenvalue weighted by atomic mass is 10.0. The summed E-state index contributed by atoms with van der Waals surface area (Å²) in [5.74, 6) is 1.99. The summed E-state index contributed by atoms with van der Waals surface area (Å²) in [6.45, 7) is 0. The van der Waals surface area contributed by atoms with Crippen molar-refractivity contribution in [1.82, 2.24) is 0 Å². The van der Waals surface area contributed by atoms with Crippen molar-refractivity contribution in [2.45, 2.75) is 6.42 Å². The molecule has 0 aliphatic rings. The maximum absolute atomic E-state index is 5.40. The van der Waals surface area contributed by atoms with E-state index in [2.05, 4.69) is 29.2 Å². The Balaban J connectivity index is 2.29. The first-order chi connectivity index (χ1) is 10.6. The molecule has 2 rings (SSSR count). The Kier molecular flexibility index (Phi) is 5.15. The molecule has 0 N–H and O–H groups in total. The first kappa shape index (κ1) is 16.0. The molecule has 0 spiro atoms. The van der Waals surface area contributed by atoms with Crippen molar-refractivity contribution in [3.05, 3.63) is 47.5 Å². The van der Waals surface area contributed by atoms with Gasteiger partial charge in [-0.15, -0.1) is 0 Å². The van der Waals surface area contributed by atoms with Gasteiger partial charge in [-0.25, -0.2) is 0 Å². The quantitative estimate of drug-likeness (QED) is 0.818. The van der Waals surface area contributed by atoms with Crippen molar-refractivity contribution >= 4 is 5.69 Å². The molecule has 0 saturated carbocycles. The summed E-state index contributed by atoms with van der Waals surface area (Å²) < 4.78 is 16.1. The summed E-state index contributed by atoms with van der Waals surface area (Å²) in [5, 5.41) is 0. The van der Waals surface area contributed by atoms with Gasteiger partial charge in [0.15, 0.2) is 11.5 Å². The third-order valence-corrected chi connectivity index (χ3v) is 3.59. The Hall–Kier alpha value is -2.36. The van der Waals surface area contributed by atoms with Gasteiger partial charge in [0.2, 0.25) is 5.75 Å². The van der Waals surface area contributed by atoms with Crippen molar-refractivity contribution in [3.63, 3.8) is 0 Å². The minimum atomic E-state index is 0.622. The molecule has 0 aliphatic heterocycles. The first-order valence-electron chi connectivity index (χ1n) is 7.14. The number of hydrogen-bond donors (Lipinski definition) is 0. The zero-order valence-corrected chi connectivity index (χ0v) is 13.8. The van der Waals surface area contributed by atoms with Crippen molar-refractivity contribution in [3.8, 4) is 17.2 Å². The van der Waals surface area contributed by atoms with E-state index in [1.54, 1.807) is 21.3 Å². The van der Waals surface area contributed by atoms with E-state index >= 15 is 0 Å². The van der Waals surface area contributed by atoms with Crippen molar-refractivity contribution < 1.29 is 14.2 Å². The highest BCUT2D eigenvalue weighted by molar-refractivity contribution is 5.55. The Labute approximate surface area is 132 Å². The third-order valence-electron chi connectivity index (χ3n) is 3.59. The van der Waals surface area contributed by atoms with Crippen LogP contribution in [0.25, 0.3) is 0 Å². The monoisotopic (exact) mass is 301 g/mol. The van der Waals surface area contributed by atoms with Crippen LogP contribution in [-0.2, 0) is 6.42 Å². The molecule has 2 aromatic carbocycles. The van der Waals surface area contributed by atoms with Crippen LogP contribution in [-0.4, -0.2) is 35.4 Å². The summed E-state index contributed by atoms with van der Waals surface area (Å²) in [5.41, 5.74) is 3.54. The molecule has 2 aromatic rings. The second-order valence-corrected chi connectivity index (χ2v) is 5.27. The van der Waals surface area contributed by atoms with E-state index in [0.717, 1.165) is 12.0 Å². The summed E-state index contributed by atoms with van der Waals surface area (Å²) in [6.07, 6.45) is 0.810. The summed E-state index contributed by atoms with van der Waals surface area (Å²) in [4.78, 5) is 2.09. The van der Waals surface area contributed by atoms with Crippen molar-refractivity contribution in [2.75, 3.05) is 40.3 Å². The summed E-state index contributed by atoms with van der Waals surface area (Å²) in [6, 6.07) is 12.5. The molecule has 0 aromatic heterocycles. The fourth-order valence-corrected chi connectivity index (χ4v) is 2.39. The van der Waals surface area contributed by atoms with Crippen molar-refractivity contribution in [1.29, 1.82) is 0 Å². The Morgan fingerprint density at radius 1 is 0.773 bits per heavy atom. The molecule has 0 aliphatic carbocycles. The minimum Gasteiger partial charge on any atom is -0.493 e. The van der Waals surface area contributed by atoms with E-state index in [1.807, 2.05) is 26.2 Å². The molecule has 118 valence electrons. The molecule has 0 atom stereocenters. The fraction of sp³-hybridized carbons (Fsp3) is 0.333. The lowest BCUT2D eigenvalue weighted by Gasteiger charge is -2.15. The van der Waals surface area contributed by atoms with Crippen LogP contribution in [0.1, 0.15) is 11.1 Å². The smallest absolute Gasteiger partial charge is 0.203 e.